The summed E-state index contributed by atoms with van der Waals surface area (Å²) in [4.78, 5) is 0. The van der Waals surface area contributed by atoms with Crippen molar-refractivity contribution in [1.29, 1.82) is 0 Å². The van der Waals surface area contributed by atoms with Crippen molar-refractivity contribution in [2.45, 2.75) is 52.5 Å². The van der Waals surface area contributed by atoms with Crippen molar-refractivity contribution < 1.29 is 4.42 Å². The van der Waals surface area contributed by atoms with Gasteiger partial charge in [0.25, 0.3) is 0 Å². The van der Waals surface area contributed by atoms with Crippen LogP contribution in [0.2, 0.25) is 0 Å². The summed E-state index contributed by atoms with van der Waals surface area (Å²) in [5, 5.41) is 1.24. The van der Waals surface area contributed by atoms with E-state index in [0.29, 0.717) is 6.54 Å². The smallest absolute Gasteiger partial charge is 0.138 e. The van der Waals surface area contributed by atoms with Gasteiger partial charge in [-0.2, -0.15) is 0 Å². The summed E-state index contributed by atoms with van der Waals surface area (Å²) in [6.45, 7) is 9.31. The molecule has 18 heavy (non-hydrogen) atoms. The zero-order valence-corrected chi connectivity index (χ0v) is 11.8. The van der Waals surface area contributed by atoms with Crippen LogP contribution in [0.3, 0.4) is 0 Å². The van der Waals surface area contributed by atoms with Gasteiger partial charge in [0.2, 0.25) is 0 Å². The van der Waals surface area contributed by atoms with Gasteiger partial charge in [-0.1, -0.05) is 52.3 Å². The minimum absolute atomic E-state index is 0.0900. The Kier molecular flexibility index (Phi) is 3.49. The molecule has 0 spiro atoms. The maximum atomic E-state index is 6.03. The number of hydrogen-bond donors (Lipinski definition) is 1. The zero-order chi connectivity index (χ0) is 13.3. The molecular weight excluding hydrogens is 222 g/mol. The molecule has 0 fully saturated rings. The molecule has 2 nitrogen and oxygen atoms in total. The average Bonchev–Trinajstić information content (AvgIpc) is 2.66. The van der Waals surface area contributed by atoms with Gasteiger partial charge in [-0.05, 0) is 11.8 Å². The third kappa shape index (κ3) is 2.17. The molecule has 2 rings (SSSR count). The lowest BCUT2D eigenvalue weighted by atomic mass is 9.85. The van der Waals surface area contributed by atoms with Crippen LogP contribution in [0.5, 0.6) is 0 Å². The van der Waals surface area contributed by atoms with Crippen LogP contribution in [0.15, 0.2) is 22.6 Å². The summed E-state index contributed by atoms with van der Waals surface area (Å²) in [5.74, 6) is 0.948. The zero-order valence-electron chi connectivity index (χ0n) is 11.8. The van der Waals surface area contributed by atoms with Crippen LogP contribution in [0.4, 0.5) is 0 Å². The normalized spacial score (nSPS) is 12.3. The summed E-state index contributed by atoms with van der Waals surface area (Å²) in [6.07, 6.45) is 2.15. The first-order valence-corrected chi connectivity index (χ1v) is 6.72. The van der Waals surface area contributed by atoms with Crippen molar-refractivity contribution in [3.8, 4) is 0 Å². The molecule has 0 unspecified atom stereocenters. The Hall–Kier alpha value is -1.28. The number of rotatable bonds is 3. The predicted molar refractivity (Wildman–Crippen MR) is 76.8 cm³/mol. The van der Waals surface area contributed by atoms with E-state index in [2.05, 4.69) is 45.9 Å². The highest BCUT2D eigenvalue weighted by Crippen LogP contribution is 2.35. The quantitative estimate of drug-likeness (QED) is 0.882. The molecule has 0 atom stereocenters. The lowest BCUT2D eigenvalue weighted by Gasteiger charge is -2.18. The highest BCUT2D eigenvalue weighted by Gasteiger charge is 2.21. The van der Waals surface area contributed by atoms with Crippen molar-refractivity contribution in [3.05, 3.63) is 35.1 Å². The van der Waals surface area contributed by atoms with Crippen LogP contribution < -0.4 is 5.73 Å². The molecule has 0 aliphatic carbocycles. The van der Waals surface area contributed by atoms with Crippen LogP contribution >= 0.6 is 0 Å². The summed E-state index contributed by atoms with van der Waals surface area (Å²) >= 11 is 0. The maximum Gasteiger partial charge on any atom is 0.138 e. The molecule has 0 saturated heterocycles. The second-order valence-electron chi connectivity index (χ2n) is 5.89. The van der Waals surface area contributed by atoms with Crippen LogP contribution in [0, 0.1) is 0 Å². The van der Waals surface area contributed by atoms with Crippen molar-refractivity contribution in [3.63, 3.8) is 0 Å². The molecule has 0 radical (unpaired) electrons. The van der Waals surface area contributed by atoms with Crippen molar-refractivity contribution in [2.75, 3.05) is 0 Å². The molecule has 1 aromatic carbocycles. The number of fused-ring (bicyclic) bond motifs is 1. The van der Waals surface area contributed by atoms with Gasteiger partial charge in [0.05, 0.1) is 6.54 Å². The molecule has 2 aromatic rings. The molecule has 2 heteroatoms. The van der Waals surface area contributed by atoms with E-state index in [0.717, 1.165) is 24.2 Å². The Bertz CT molecular complexity index is 546. The first kappa shape index (κ1) is 13.2. The van der Waals surface area contributed by atoms with Gasteiger partial charge in [0.15, 0.2) is 0 Å². The van der Waals surface area contributed by atoms with Gasteiger partial charge in [-0.25, -0.2) is 0 Å². The second-order valence-corrected chi connectivity index (χ2v) is 5.89. The van der Waals surface area contributed by atoms with Gasteiger partial charge in [0.1, 0.15) is 11.3 Å². The maximum absolute atomic E-state index is 6.03. The van der Waals surface area contributed by atoms with E-state index in [1.165, 1.54) is 16.5 Å². The van der Waals surface area contributed by atoms with Gasteiger partial charge in [-0.3, -0.25) is 0 Å². The van der Waals surface area contributed by atoms with Gasteiger partial charge < -0.3 is 10.2 Å². The minimum atomic E-state index is 0.0900. The molecular formula is C16H23NO. The number of furan rings is 1. The third-order valence-corrected chi connectivity index (χ3v) is 3.40. The first-order valence-electron chi connectivity index (χ1n) is 6.72. The molecule has 0 aliphatic rings. The summed E-state index contributed by atoms with van der Waals surface area (Å²) in [6, 6.07) is 6.43. The number of hydrogen-bond acceptors (Lipinski definition) is 2. The Labute approximate surface area is 109 Å². The van der Waals surface area contributed by atoms with Crippen LogP contribution in [-0.2, 0) is 18.4 Å². The average molecular weight is 245 g/mol. The monoisotopic (exact) mass is 245 g/mol. The third-order valence-electron chi connectivity index (χ3n) is 3.40. The molecule has 0 aliphatic heterocycles. The summed E-state index contributed by atoms with van der Waals surface area (Å²) in [5.41, 5.74) is 9.48. The van der Waals surface area contributed by atoms with Crippen LogP contribution in [-0.4, -0.2) is 0 Å². The Morgan fingerprint density at radius 1 is 1.22 bits per heavy atom. The summed E-state index contributed by atoms with van der Waals surface area (Å²) in [7, 11) is 0. The fourth-order valence-electron chi connectivity index (χ4n) is 2.50. The lowest BCUT2D eigenvalue weighted by Crippen LogP contribution is -2.11. The number of aryl methyl sites for hydroxylation is 1. The van der Waals surface area contributed by atoms with Crippen LogP contribution in [0.25, 0.3) is 11.0 Å². The van der Waals surface area contributed by atoms with Crippen molar-refractivity contribution in [2.24, 2.45) is 5.73 Å². The van der Waals surface area contributed by atoms with Crippen molar-refractivity contribution >= 4 is 11.0 Å². The Balaban J connectivity index is 2.72. The number of nitrogens with two attached hydrogens (primary N) is 1. The van der Waals surface area contributed by atoms with Gasteiger partial charge in [0, 0.05) is 16.5 Å². The van der Waals surface area contributed by atoms with Crippen molar-refractivity contribution in [1.82, 2.24) is 0 Å². The number of para-hydroxylation sites is 1. The van der Waals surface area contributed by atoms with E-state index in [9.17, 15) is 0 Å². The predicted octanol–water partition coefficient (Wildman–Crippen LogP) is 4.14. The molecule has 1 aromatic heterocycles. The molecule has 0 bridgehead atoms. The van der Waals surface area contributed by atoms with E-state index in [4.69, 9.17) is 10.2 Å². The molecule has 2 N–H and O–H groups in total. The van der Waals surface area contributed by atoms with E-state index in [-0.39, 0.29) is 5.41 Å². The van der Waals surface area contributed by atoms with E-state index < -0.39 is 0 Å². The first-order chi connectivity index (χ1) is 8.49. The standard InChI is InChI=1S/C16H23NO/c1-5-7-11-12-8-6-9-13(16(2,3)4)15(12)18-14(11)10-17/h6,8-9H,5,7,10,17H2,1-4H3. The minimum Gasteiger partial charge on any atom is -0.459 e. The SMILES string of the molecule is CCCc1c(CN)oc2c(C(C)(C)C)cccc12. The van der Waals surface area contributed by atoms with Gasteiger partial charge >= 0.3 is 0 Å². The lowest BCUT2D eigenvalue weighted by molar-refractivity contribution is 0.522. The number of benzene rings is 1. The Morgan fingerprint density at radius 2 is 1.94 bits per heavy atom. The largest absolute Gasteiger partial charge is 0.459 e. The molecule has 0 saturated carbocycles. The summed E-state index contributed by atoms with van der Waals surface area (Å²) < 4.78 is 6.03. The molecule has 0 amide bonds. The van der Waals surface area contributed by atoms with E-state index in [1.54, 1.807) is 0 Å². The highest BCUT2D eigenvalue weighted by atomic mass is 16.3. The molecule has 1 heterocycles. The topological polar surface area (TPSA) is 39.2 Å². The Morgan fingerprint density at radius 3 is 2.50 bits per heavy atom. The van der Waals surface area contributed by atoms with Crippen LogP contribution in [0.1, 0.15) is 51.0 Å². The van der Waals surface area contributed by atoms with E-state index >= 15 is 0 Å². The highest BCUT2D eigenvalue weighted by molar-refractivity contribution is 5.85. The van der Waals surface area contributed by atoms with E-state index in [1.807, 2.05) is 0 Å². The second kappa shape index (κ2) is 4.77. The fourth-order valence-corrected chi connectivity index (χ4v) is 2.50. The fraction of sp³-hybridized carbons (Fsp3) is 0.500. The van der Waals surface area contributed by atoms with Gasteiger partial charge in [-0.15, -0.1) is 0 Å². The molecule has 98 valence electrons.